The minimum absolute atomic E-state index is 0.0285. The lowest BCUT2D eigenvalue weighted by Gasteiger charge is -2.34. The van der Waals surface area contributed by atoms with Gasteiger partial charge >= 0.3 is 0 Å². The first-order valence-electron chi connectivity index (χ1n) is 10.5. The van der Waals surface area contributed by atoms with Crippen molar-refractivity contribution in [2.45, 2.75) is 25.2 Å². The molecule has 3 aromatic heterocycles. The first-order valence-corrected chi connectivity index (χ1v) is 12.0. The third-order valence-electron chi connectivity index (χ3n) is 6.31. The van der Waals surface area contributed by atoms with Gasteiger partial charge in [-0.15, -0.1) is 0 Å². The molecule has 0 bridgehead atoms. The molecule has 0 unspecified atom stereocenters. The van der Waals surface area contributed by atoms with Gasteiger partial charge in [-0.2, -0.15) is 4.31 Å². The fraction of sp³-hybridized carbons (Fsp3) is 0.304. The first kappa shape index (κ1) is 20.7. The third-order valence-corrected chi connectivity index (χ3v) is 8.24. The molecule has 4 heterocycles. The molecule has 1 N–H and O–H groups in total. The molecule has 9 heteroatoms. The largest absolute Gasteiger partial charge is 0.464 e. The van der Waals surface area contributed by atoms with E-state index in [1.807, 2.05) is 26.0 Å². The highest BCUT2D eigenvalue weighted by molar-refractivity contribution is 7.89. The summed E-state index contributed by atoms with van der Waals surface area (Å²) in [7, 11) is -3.67. The molecule has 0 spiro atoms. The molecule has 1 aromatic carbocycles. The van der Waals surface area contributed by atoms with Gasteiger partial charge < -0.3 is 14.3 Å². The van der Waals surface area contributed by atoms with Crippen LogP contribution in [0.1, 0.15) is 16.7 Å². The van der Waals surface area contributed by atoms with E-state index in [1.54, 1.807) is 29.5 Å². The number of furan rings is 1. The predicted octanol–water partition coefficient (Wildman–Crippen LogP) is 3.00. The monoisotopic (exact) mass is 452 g/mol. The van der Waals surface area contributed by atoms with Crippen molar-refractivity contribution in [3.8, 4) is 0 Å². The van der Waals surface area contributed by atoms with E-state index in [0.717, 1.165) is 27.7 Å². The Hall–Kier alpha value is -3.17. The molecule has 5 rings (SSSR count). The maximum absolute atomic E-state index is 13.2. The van der Waals surface area contributed by atoms with E-state index in [-0.39, 0.29) is 30.3 Å². The van der Waals surface area contributed by atoms with Crippen LogP contribution in [0.3, 0.4) is 0 Å². The lowest BCUT2D eigenvalue weighted by atomic mass is 10.0. The highest BCUT2D eigenvalue weighted by Crippen LogP contribution is 2.28. The Labute approximate surface area is 185 Å². The van der Waals surface area contributed by atoms with Crippen LogP contribution < -0.4 is 0 Å². The number of carbonyl (C=O) groups is 1. The quantitative estimate of drug-likeness (QED) is 0.513. The van der Waals surface area contributed by atoms with Crippen molar-refractivity contribution in [1.82, 2.24) is 19.2 Å². The van der Waals surface area contributed by atoms with E-state index in [2.05, 4.69) is 9.97 Å². The molecule has 1 aliphatic rings. The summed E-state index contributed by atoms with van der Waals surface area (Å²) in [5.41, 5.74) is 4.43. The van der Waals surface area contributed by atoms with Crippen molar-refractivity contribution in [2.75, 3.05) is 26.2 Å². The fourth-order valence-corrected chi connectivity index (χ4v) is 5.83. The number of aromatic amines is 1. The van der Waals surface area contributed by atoms with E-state index in [0.29, 0.717) is 24.1 Å². The summed E-state index contributed by atoms with van der Waals surface area (Å²) < 4.78 is 33.5. The molecule has 32 heavy (non-hydrogen) atoms. The second kappa shape index (κ2) is 7.75. The van der Waals surface area contributed by atoms with Crippen molar-refractivity contribution in [3.63, 3.8) is 0 Å². The maximum atomic E-state index is 13.2. The van der Waals surface area contributed by atoms with Gasteiger partial charge in [0.1, 0.15) is 16.1 Å². The van der Waals surface area contributed by atoms with Crippen molar-refractivity contribution >= 4 is 37.9 Å². The maximum Gasteiger partial charge on any atom is 0.245 e. The molecule has 0 radical (unpaired) electrons. The molecule has 0 saturated carbocycles. The van der Waals surface area contributed by atoms with E-state index in [9.17, 15) is 13.2 Å². The number of rotatable bonds is 4. The zero-order chi connectivity index (χ0) is 22.5. The smallest absolute Gasteiger partial charge is 0.245 e. The number of pyridine rings is 1. The number of amides is 1. The second-order valence-corrected chi connectivity index (χ2v) is 10.1. The summed E-state index contributed by atoms with van der Waals surface area (Å²) in [5, 5.41) is 1.53. The number of hydrogen-bond donors (Lipinski definition) is 1. The number of carbonyl (C=O) groups excluding carboxylic acids is 1. The van der Waals surface area contributed by atoms with Gasteiger partial charge in [0.2, 0.25) is 15.9 Å². The van der Waals surface area contributed by atoms with Crippen LogP contribution in [-0.4, -0.2) is 59.7 Å². The highest BCUT2D eigenvalue weighted by atomic mass is 32.2. The molecule has 4 aromatic rings. The average Bonchev–Trinajstić information content (AvgIpc) is 3.41. The van der Waals surface area contributed by atoms with Crippen LogP contribution in [0.4, 0.5) is 0 Å². The number of piperazine rings is 1. The number of fused-ring (bicyclic) bond motifs is 2. The van der Waals surface area contributed by atoms with Crippen LogP contribution in [0.15, 0.2) is 52.2 Å². The van der Waals surface area contributed by atoms with Crippen LogP contribution in [-0.2, 0) is 21.2 Å². The highest BCUT2D eigenvalue weighted by Gasteiger charge is 2.32. The number of hydrogen-bond acceptors (Lipinski definition) is 5. The number of H-pyrrole nitrogens is 1. The van der Waals surface area contributed by atoms with Crippen molar-refractivity contribution < 1.29 is 17.6 Å². The topological polar surface area (TPSA) is 99.5 Å². The van der Waals surface area contributed by atoms with Crippen LogP contribution in [0, 0.1) is 13.8 Å². The van der Waals surface area contributed by atoms with E-state index < -0.39 is 10.0 Å². The van der Waals surface area contributed by atoms with Crippen molar-refractivity contribution in [2.24, 2.45) is 0 Å². The molecule has 8 nitrogen and oxygen atoms in total. The Kier molecular flexibility index (Phi) is 5.02. The number of benzene rings is 1. The van der Waals surface area contributed by atoms with Gasteiger partial charge in [0, 0.05) is 54.9 Å². The standard InChI is InChI=1S/C23H24N4O4S/c1-15-5-6-18-17(14-31-22(18)16(15)2)12-21(28)26-8-10-27(11-9-26)32(29,30)20-13-25-23-19(20)4-3-7-24-23/h3-7,13-14H,8-12H2,1-2H3,(H,24,25). The van der Waals surface area contributed by atoms with Crippen LogP contribution in [0.5, 0.6) is 0 Å². The molecular weight excluding hydrogens is 428 g/mol. The second-order valence-electron chi connectivity index (χ2n) is 8.16. The van der Waals surface area contributed by atoms with Crippen LogP contribution in [0.2, 0.25) is 0 Å². The number of nitrogens with zero attached hydrogens (tertiary/aromatic N) is 3. The number of sulfonamides is 1. The van der Waals surface area contributed by atoms with Gasteiger partial charge in [-0.05, 0) is 37.1 Å². The van der Waals surface area contributed by atoms with Crippen LogP contribution in [0.25, 0.3) is 22.0 Å². The summed E-state index contributed by atoms with van der Waals surface area (Å²) >= 11 is 0. The molecule has 1 amide bonds. The average molecular weight is 453 g/mol. The van der Waals surface area contributed by atoms with Crippen molar-refractivity contribution in [3.05, 3.63) is 59.6 Å². The molecule has 166 valence electrons. The third kappa shape index (κ3) is 3.37. The Morgan fingerprint density at radius 2 is 1.91 bits per heavy atom. The van der Waals surface area contributed by atoms with Gasteiger partial charge in [0.25, 0.3) is 0 Å². The summed E-state index contributed by atoms with van der Waals surface area (Å²) in [4.78, 5) is 21.9. The Morgan fingerprint density at radius 1 is 1.12 bits per heavy atom. The van der Waals surface area contributed by atoms with Gasteiger partial charge in [-0.25, -0.2) is 13.4 Å². The zero-order valence-electron chi connectivity index (χ0n) is 18.0. The summed E-state index contributed by atoms with van der Waals surface area (Å²) in [5.74, 6) is -0.0285. The van der Waals surface area contributed by atoms with Gasteiger partial charge in [0.15, 0.2) is 0 Å². The summed E-state index contributed by atoms with van der Waals surface area (Å²) in [6.07, 6.45) is 4.99. The Morgan fingerprint density at radius 3 is 2.69 bits per heavy atom. The van der Waals surface area contributed by atoms with E-state index in [4.69, 9.17) is 4.42 Å². The molecule has 0 aliphatic carbocycles. The Balaban J connectivity index is 1.28. The zero-order valence-corrected chi connectivity index (χ0v) is 18.8. The van der Waals surface area contributed by atoms with E-state index in [1.165, 1.54) is 10.5 Å². The minimum atomic E-state index is -3.67. The number of aryl methyl sites for hydroxylation is 2. The van der Waals surface area contributed by atoms with Gasteiger partial charge in [-0.3, -0.25) is 4.79 Å². The van der Waals surface area contributed by atoms with Gasteiger partial charge in [-0.1, -0.05) is 12.1 Å². The molecule has 1 aliphatic heterocycles. The summed E-state index contributed by atoms with van der Waals surface area (Å²) in [6.45, 7) is 5.26. The fourth-order valence-electron chi connectivity index (χ4n) is 4.26. The molecular formula is C23H24N4O4S. The number of nitrogens with one attached hydrogen (secondary N) is 1. The summed E-state index contributed by atoms with van der Waals surface area (Å²) in [6, 6.07) is 7.48. The van der Waals surface area contributed by atoms with Crippen LogP contribution >= 0.6 is 0 Å². The molecule has 0 atom stereocenters. The number of aromatic nitrogens is 2. The molecule has 1 fully saturated rings. The van der Waals surface area contributed by atoms with E-state index >= 15 is 0 Å². The normalized spacial score (nSPS) is 15.6. The lowest BCUT2D eigenvalue weighted by molar-refractivity contribution is -0.131. The van der Waals surface area contributed by atoms with Crippen molar-refractivity contribution in [1.29, 1.82) is 0 Å². The lowest BCUT2D eigenvalue weighted by Crippen LogP contribution is -2.50. The minimum Gasteiger partial charge on any atom is -0.464 e. The first-order chi connectivity index (χ1) is 15.4. The Bertz CT molecular complexity index is 1430. The predicted molar refractivity (Wildman–Crippen MR) is 121 cm³/mol. The molecule has 1 saturated heterocycles. The SMILES string of the molecule is Cc1ccc2c(CC(=O)N3CCN(S(=O)(=O)c4c[nH]c5ncccc45)CC3)coc2c1C. The van der Waals surface area contributed by atoms with Gasteiger partial charge in [0.05, 0.1) is 12.7 Å².